The van der Waals surface area contributed by atoms with E-state index in [1.54, 1.807) is 7.11 Å². The van der Waals surface area contributed by atoms with Crippen molar-refractivity contribution in [3.8, 4) is 17.2 Å². The number of fused-ring (bicyclic) bond motifs is 1. The Balaban J connectivity index is 1.15. The number of nitrogens with one attached hydrogen (secondary N) is 1. The van der Waals surface area contributed by atoms with Crippen LogP contribution in [-0.4, -0.2) is 57.3 Å². The van der Waals surface area contributed by atoms with Crippen LogP contribution in [0.2, 0.25) is 0 Å². The Labute approximate surface area is 203 Å². The zero-order chi connectivity index (χ0) is 23.3. The van der Waals surface area contributed by atoms with Gasteiger partial charge < -0.3 is 28.7 Å². The Kier molecular flexibility index (Phi) is 6.67. The van der Waals surface area contributed by atoms with E-state index in [2.05, 4.69) is 15.7 Å². The molecule has 0 atom stereocenters. The lowest BCUT2D eigenvalue weighted by molar-refractivity contribution is 0.0746. The van der Waals surface area contributed by atoms with Crippen LogP contribution in [0.15, 0.2) is 71.6 Å². The molecule has 1 saturated heterocycles. The number of carbonyl (C=O) groups is 1. The molecular weight excluding hydrogens is 450 g/mol. The number of benzene rings is 3. The molecule has 3 aromatic carbocycles. The van der Waals surface area contributed by atoms with E-state index in [0.717, 1.165) is 46.6 Å². The minimum absolute atomic E-state index is 0.0608. The van der Waals surface area contributed by atoms with Crippen LogP contribution in [0.25, 0.3) is 0 Å². The zero-order valence-electron chi connectivity index (χ0n) is 19.0. The molecule has 7 nitrogen and oxygen atoms in total. The number of para-hydroxylation sites is 2. The van der Waals surface area contributed by atoms with E-state index in [-0.39, 0.29) is 5.91 Å². The van der Waals surface area contributed by atoms with Crippen molar-refractivity contribution in [2.45, 2.75) is 4.90 Å². The van der Waals surface area contributed by atoms with E-state index >= 15 is 0 Å². The summed E-state index contributed by atoms with van der Waals surface area (Å²) in [5, 5.41) is 0. The van der Waals surface area contributed by atoms with Crippen molar-refractivity contribution in [2.75, 3.05) is 56.1 Å². The monoisotopic (exact) mass is 477 g/mol. The van der Waals surface area contributed by atoms with Crippen molar-refractivity contribution in [3.05, 3.63) is 72.3 Å². The molecule has 0 spiro atoms. The average molecular weight is 478 g/mol. The quantitative estimate of drug-likeness (QED) is 0.523. The third kappa shape index (κ3) is 4.87. The molecule has 0 unspecified atom stereocenters. The van der Waals surface area contributed by atoms with Crippen LogP contribution in [0.4, 0.5) is 11.4 Å². The van der Waals surface area contributed by atoms with Gasteiger partial charge in [0.15, 0.2) is 11.5 Å². The van der Waals surface area contributed by atoms with Gasteiger partial charge >= 0.3 is 0 Å². The molecule has 1 N–H and O–H groups in total. The Morgan fingerprint density at radius 1 is 0.912 bits per heavy atom. The number of methoxy groups -OCH3 is 1. The molecule has 0 bridgehead atoms. The lowest BCUT2D eigenvalue weighted by atomic mass is 10.1. The summed E-state index contributed by atoms with van der Waals surface area (Å²) >= 11 is 1.49. The molecule has 5 rings (SSSR count). The Morgan fingerprint density at radius 2 is 1.65 bits per heavy atom. The molecule has 2 aliphatic rings. The highest BCUT2D eigenvalue weighted by Crippen LogP contribution is 2.34. The maximum atomic E-state index is 13.0. The number of ether oxygens (including phenoxy) is 3. The standard InChI is InChI=1S/C26H27N3O4S/c1-31-23-5-3-2-4-22(23)28-12-14-29(15-13-28)26(30)19-6-8-20(9-7-19)27-34-21-10-11-24-25(18-21)33-17-16-32-24/h2-11,18,27H,12-17H2,1H3. The third-order valence-electron chi connectivity index (χ3n) is 5.92. The molecule has 1 fully saturated rings. The lowest BCUT2D eigenvalue weighted by Gasteiger charge is -2.36. The second kappa shape index (κ2) is 10.2. The van der Waals surface area contributed by atoms with E-state index < -0.39 is 0 Å². The van der Waals surface area contributed by atoms with Gasteiger partial charge in [-0.15, -0.1) is 0 Å². The summed E-state index contributed by atoms with van der Waals surface area (Å²) < 4.78 is 20.0. The molecule has 0 aliphatic carbocycles. The summed E-state index contributed by atoms with van der Waals surface area (Å²) in [5.41, 5.74) is 2.70. The molecule has 3 aromatic rings. The minimum atomic E-state index is 0.0608. The first-order valence-electron chi connectivity index (χ1n) is 11.3. The first-order valence-corrected chi connectivity index (χ1v) is 12.1. The van der Waals surface area contributed by atoms with Crippen molar-refractivity contribution < 1.29 is 19.0 Å². The molecule has 0 saturated carbocycles. The molecule has 2 heterocycles. The topological polar surface area (TPSA) is 63.3 Å². The fourth-order valence-corrected chi connectivity index (χ4v) is 4.78. The molecular formula is C26H27N3O4S. The van der Waals surface area contributed by atoms with Crippen LogP contribution < -0.4 is 23.8 Å². The summed E-state index contributed by atoms with van der Waals surface area (Å²) in [6.07, 6.45) is 0. The number of amides is 1. The number of hydrogen-bond acceptors (Lipinski definition) is 7. The van der Waals surface area contributed by atoms with Crippen LogP contribution in [0.3, 0.4) is 0 Å². The molecule has 0 aromatic heterocycles. The zero-order valence-corrected chi connectivity index (χ0v) is 19.8. The van der Waals surface area contributed by atoms with Gasteiger partial charge in [-0.25, -0.2) is 0 Å². The summed E-state index contributed by atoms with van der Waals surface area (Å²) in [7, 11) is 1.69. The van der Waals surface area contributed by atoms with Gasteiger partial charge in [0.05, 0.1) is 12.8 Å². The molecule has 0 radical (unpaired) electrons. The van der Waals surface area contributed by atoms with Crippen molar-refractivity contribution in [1.82, 2.24) is 4.90 Å². The number of piperazine rings is 1. The van der Waals surface area contributed by atoms with Gasteiger partial charge in [0.1, 0.15) is 19.0 Å². The molecule has 1 amide bonds. The highest BCUT2D eigenvalue weighted by molar-refractivity contribution is 8.00. The second-order valence-electron chi connectivity index (χ2n) is 8.04. The van der Waals surface area contributed by atoms with Gasteiger partial charge in [0.2, 0.25) is 0 Å². The van der Waals surface area contributed by atoms with Crippen LogP contribution >= 0.6 is 11.9 Å². The number of nitrogens with zero attached hydrogens (tertiary/aromatic N) is 2. The van der Waals surface area contributed by atoms with Crippen LogP contribution in [0.1, 0.15) is 10.4 Å². The fourth-order valence-electron chi connectivity index (χ4n) is 4.11. The van der Waals surface area contributed by atoms with Gasteiger partial charge in [0.25, 0.3) is 5.91 Å². The summed E-state index contributed by atoms with van der Waals surface area (Å²) in [6, 6.07) is 21.5. The molecule has 176 valence electrons. The Morgan fingerprint density at radius 3 is 2.41 bits per heavy atom. The van der Waals surface area contributed by atoms with Gasteiger partial charge in [0, 0.05) is 42.3 Å². The second-order valence-corrected chi connectivity index (χ2v) is 8.92. The van der Waals surface area contributed by atoms with E-state index in [4.69, 9.17) is 14.2 Å². The van der Waals surface area contributed by atoms with Crippen molar-refractivity contribution in [2.24, 2.45) is 0 Å². The smallest absolute Gasteiger partial charge is 0.253 e. The summed E-state index contributed by atoms with van der Waals surface area (Å²) in [5.74, 6) is 2.47. The van der Waals surface area contributed by atoms with Crippen LogP contribution in [0.5, 0.6) is 17.2 Å². The molecule has 2 aliphatic heterocycles. The Bertz CT molecular complexity index is 1150. The minimum Gasteiger partial charge on any atom is -0.495 e. The predicted molar refractivity (Wildman–Crippen MR) is 134 cm³/mol. The van der Waals surface area contributed by atoms with Crippen molar-refractivity contribution >= 4 is 29.2 Å². The molecule has 34 heavy (non-hydrogen) atoms. The largest absolute Gasteiger partial charge is 0.495 e. The van der Waals surface area contributed by atoms with Gasteiger partial charge in [-0.3, -0.25) is 4.79 Å². The first-order chi connectivity index (χ1) is 16.7. The summed E-state index contributed by atoms with van der Waals surface area (Å²) in [4.78, 5) is 18.2. The van der Waals surface area contributed by atoms with Gasteiger partial charge in [-0.2, -0.15) is 0 Å². The number of carbonyl (C=O) groups excluding carboxylic acids is 1. The van der Waals surface area contributed by atoms with Gasteiger partial charge in [-0.05, 0) is 66.5 Å². The number of hydrogen-bond donors (Lipinski definition) is 1. The molecule has 8 heteroatoms. The fraction of sp³-hybridized carbons (Fsp3) is 0.269. The Hall–Kier alpha value is -3.52. The maximum Gasteiger partial charge on any atom is 0.253 e. The average Bonchev–Trinajstić information content (AvgIpc) is 2.91. The first kappa shape index (κ1) is 22.3. The van der Waals surface area contributed by atoms with E-state index in [1.165, 1.54) is 11.9 Å². The van der Waals surface area contributed by atoms with Crippen molar-refractivity contribution in [1.29, 1.82) is 0 Å². The van der Waals surface area contributed by atoms with Crippen molar-refractivity contribution in [3.63, 3.8) is 0 Å². The maximum absolute atomic E-state index is 13.0. The lowest BCUT2D eigenvalue weighted by Crippen LogP contribution is -2.48. The number of anilines is 2. The van der Waals surface area contributed by atoms with Gasteiger partial charge in [-0.1, -0.05) is 12.1 Å². The normalized spacial score (nSPS) is 15.1. The highest BCUT2D eigenvalue weighted by atomic mass is 32.2. The van der Waals surface area contributed by atoms with E-state index in [9.17, 15) is 4.79 Å². The van der Waals surface area contributed by atoms with E-state index in [0.29, 0.717) is 31.9 Å². The third-order valence-corrected chi connectivity index (χ3v) is 6.75. The van der Waals surface area contributed by atoms with Crippen LogP contribution in [-0.2, 0) is 0 Å². The SMILES string of the molecule is COc1ccccc1N1CCN(C(=O)c2ccc(NSc3ccc4c(c3)OCCO4)cc2)CC1. The summed E-state index contributed by atoms with van der Waals surface area (Å²) in [6.45, 7) is 4.06. The highest BCUT2D eigenvalue weighted by Gasteiger charge is 2.23. The van der Waals surface area contributed by atoms with Crippen LogP contribution in [0, 0.1) is 0 Å². The predicted octanol–water partition coefficient (Wildman–Crippen LogP) is 4.55. The van der Waals surface area contributed by atoms with E-state index in [1.807, 2.05) is 65.6 Å². The number of rotatable bonds is 6.